The summed E-state index contributed by atoms with van der Waals surface area (Å²) in [5.74, 6) is -3.06. The number of nitrogens with two attached hydrogens (primary N) is 3. The number of ketones is 1. The van der Waals surface area contributed by atoms with Gasteiger partial charge in [-0.3, -0.25) is 30.0 Å². The summed E-state index contributed by atoms with van der Waals surface area (Å²) in [5, 5.41) is 21.5. The first-order valence-electron chi connectivity index (χ1n) is 45.2. The number of hydrogen-bond donors (Lipinski definition) is 3. The number of alkyl halides is 12. The predicted molar refractivity (Wildman–Crippen MR) is 513 cm³/mol. The van der Waals surface area contributed by atoms with E-state index in [1.165, 1.54) is 129 Å². The smallest absolute Gasteiger partial charge is 0.289 e. The van der Waals surface area contributed by atoms with Crippen molar-refractivity contribution in [1.29, 1.82) is 0 Å². The Hall–Kier alpha value is -14.8. The van der Waals surface area contributed by atoms with Crippen LogP contribution in [-0.4, -0.2) is 189 Å². The standard InChI is InChI=1S/C30H33F3N2O3.C22H20F3N3O2.C13H13F3N2O3.C13H15F3N2O.C12H12F3N3O3.C12H13F3N2O/c1-19-10-11-22(26(14-19)37-5)18-35(17-21-12-13-23(36-4)15-20(21)2)29-34-30(3,28(33)27(16-31)38-29)24-8-6-7-9-25(24)32;1-12-7-15(26-4)11-27-20(12)18(29)9-14-5-6-17(24)16(8-14)22(3)21(25)19(10-23)30-13(2)28-22;1-7-17-13(2,12(16)11(6-14)21-7)9-5-8(18(19)20)3-4-10(9)15;1-7-18-13(2,12(16)11(6-14)19-7)9-5-8(17)3-4-10(9)15;1-12(10(15)9(5-13)21-11(16)17-12)7-4-6(18(19)20)2-3-8(7)14;1-12(7-4-2-3-5-8(7)14)10(15)9(6-13)18-11(16)17-12/h6-15,27-28H,16-18H2,1-5H3;5-8,11,19,21H,9-10H2,1-3H3;3-5,11-12H,6H2,1-2H3;3-5,11-12H,6,17H2,1-2H3;2-4,9-10H,5H2,1H3,(H2,16,17);2-5,9-10H,6H2,1H3,(H2,16,17)/t27-,28+,30-;19-,21+,22-;2*11-,12+,13-;2*9-,10+,12-/m111111/s1. The summed E-state index contributed by atoms with van der Waals surface area (Å²) in [4.78, 5) is 66.1. The molecule has 0 fully saturated rings. The Labute approximate surface area is 833 Å². The molecule has 0 aliphatic carbocycles. The number of carbonyl (C=O) groups excluding carboxylic acids is 1. The highest BCUT2D eigenvalue weighted by molar-refractivity contribution is 5.97. The number of non-ortho nitro benzene ring substituents is 2. The fraction of sp³-hybridized carbons (Fsp3) is 0.402. The zero-order valence-corrected chi connectivity index (χ0v) is 81.7. The number of methoxy groups -OCH3 is 2. The molecule has 27 nitrogen and oxygen atoms in total. The van der Waals surface area contributed by atoms with Gasteiger partial charge in [0.2, 0.25) is 5.69 Å². The second-order valence-corrected chi connectivity index (χ2v) is 35.7. The van der Waals surface area contributed by atoms with Crippen LogP contribution >= 0.6 is 0 Å². The van der Waals surface area contributed by atoms with Gasteiger partial charge in [-0.2, -0.15) is 0 Å². The Morgan fingerprint density at radius 2 is 0.789 bits per heavy atom. The summed E-state index contributed by atoms with van der Waals surface area (Å²) in [6.45, 7) is 19.1. The largest absolute Gasteiger partial charge is 0.497 e. The Kier molecular flexibility index (Phi) is 37.3. The summed E-state index contributed by atoms with van der Waals surface area (Å²) in [5.41, 5.74) is 10.2. The third-order valence-electron chi connectivity index (χ3n) is 25.2. The molecule has 0 saturated carbocycles. The van der Waals surface area contributed by atoms with E-state index in [1.54, 1.807) is 44.2 Å². The number of benzene rings is 8. The zero-order valence-electron chi connectivity index (χ0n) is 81.7. The minimum atomic E-state index is -2.05. The van der Waals surface area contributed by atoms with Gasteiger partial charge in [-0.05, 0) is 169 Å². The van der Waals surface area contributed by atoms with E-state index in [4.69, 9.17) is 61.7 Å². The number of Topliss-reactive ketones (excluding diaryl/α,β-unsaturated/α-hetero) is 1. The van der Waals surface area contributed by atoms with Crippen LogP contribution in [0, 0.1) is 82.5 Å². The normalized spacial score (nSPS) is 26.2. The molecule has 147 heavy (non-hydrogen) atoms. The molecule has 0 saturated heterocycles. The number of ether oxygens (including phenoxy) is 8. The van der Waals surface area contributed by atoms with Gasteiger partial charge in [-0.15, -0.1) is 0 Å². The van der Waals surface area contributed by atoms with E-state index < -0.39 is 209 Å². The van der Waals surface area contributed by atoms with Crippen molar-refractivity contribution in [2.24, 2.45) is 41.4 Å². The minimum Gasteiger partial charge on any atom is -0.497 e. The maximum absolute atomic E-state index is 15.7. The number of pyridine rings is 1. The Balaban J connectivity index is 0.000000185. The number of aliphatic imine (C=N–C) groups is 6. The average molecular weight is 2080 g/mol. The van der Waals surface area contributed by atoms with Crippen molar-refractivity contribution in [2.45, 2.75) is 209 Å². The summed E-state index contributed by atoms with van der Waals surface area (Å²) in [6.07, 6.45) is -18.7. The van der Waals surface area contributed by atoms with Crippen LogP contribution in [-0.2, 0) is 81.2 Å². The molecule has 0 radical (unpaired) electrons. The minimum absolute atomic E-state index is 0.0000406. The molecule has 9 aromatic rings. The zero-order chi connectivity index (χ0) is 109. The van der Waals surface area contributed by atoms with E-state index in [2.05, 4.69) is 39.8 Å². The van der Waals surface area contributed by atoms with Crippen molar-refractivity contribution in [3.63, 3.8) is 0 Å². The molecule has 6 aliphatic heterocycles. The number of nitrogen functional groups attached to an aromatic ring is 1. The molecule has 0 spiro atoms. The summed E-state index contributed by atoms with van der Waals surface area (Å²) in [6, 6.07) is 36.9. The van der Waals surface area contributed by atoms with Gasteiger partial charge in [0, 0.05) is 109 Å². The number of nitro benzene ring substituents is 2. The SMILES string of the molecule is CC1=N[C@](C)(c2cc(N)ccc2F)[C@@H](F)[C@@H](CF)O1.CC1=N[C@](C)(c2cc([N+](=O)[O-])ccc2F)[C@@H](F)[C@@H](CF)O1.COc1ccc(CN(Cc2ccc(C)cc2OC)C2=N[C@](C)(c3ccccc3F)[C@@H](F)[C@@H](CF)O2)c(C)c1.C[C@]1(c2cc([N+](=O)[O-])ccc2F)N=C(N)O[C@H](CF)[C@@H]1F.C[C@]1(c2ccccc2F)N=C(N)O[C@H](CF)[C@@H]1F.[C-]#[N+]c1cnc(C(=O)Cc2ccc(F)c([C@@]3(C)N=C(C)O[C@H](CF)[C@@H]3F)c2)c(C)c1. The third-order valence-corrected chi connectivity index (χ3v) is 25.2. The van der Waals surface area contributed by atoms with E-state index in [9.17, 15) is 99.7 Å². The number of carbonyl (C=O) groups is 1. The van der Waals surface area contributed by atoms with Gasteiger partial charge < -0.3 is 60.0 Å². The molecule has 0 unspecified atom stereocenters. The van der Waals surface area contributed by atoms with Gasteiger partial charge in [0.05, 0.1) is 37.2 Å². The van der Waals surface area contributed by atoms with Crippen molar-refractivity contribution in [1.82, 2.24) is 9.88 Å². The molecule has 7 heterocycles. The first kappa shape index (κ1) is 114. The highest BCUT2D eigenvalue weighted by atomic mass is 19.2. The molecule has 45 heteroatoms. The second kappa shape index (κ2) is 48.0. The van der Waals surface area contributed by atoms with Crippen LogP contribution in [0.3, 0.4) is 0 Å². The lowest BCUT2D eigenvalue weighted by atomic mass is 9.83. The van der Waals surface area contributed by atoms with Crippen LogP contribution < -0.4 is 26.7 Å². The van der Waals surface area contributed by atoms with Gasteiger partial charge >= 0.3 is 0 Å². The lowest BCUT2D eigenvalue weighted by molar-refractivity contribution is -0.385. The maximum Gasteiger partial charge on any atom is 0.289 e. The van der Waals surface area contributed by atoms with Crippen molar-refractivity contribution < 1.29 is 132 Å². The number of rotatable bonds is 23. The van der Waals surface area contributed by atoms with Crippen molar-refractivity contribution in [3.05, 3.63) is 309 Å². The Bertz CT molecular complexity index is 6410. The van der Waals surface area contributed by atoms with E-state index >= 15 is 4.39 Å². The van der Waals surface area contributed by atoms with Crippen LogP contribution in [0.4, 0.5) is 102 Å². The van der Waals surface area contributed by atoms with Gasteiger partial charge in [0.15, 0.2) is 97.1 Å². The van der Waals surface area contributed by atoms with Crippen LogP contribution in [0.1, 0.15) is 140 Å². The third kappa shape index (κ3) is 25.3. The van der Waals surface area contributed by atoms with Gasteiger partial charge in [-0.25, -0.2) is 114 Å². The maximum atomic E-state index is 15.7. The fourth-order valence-electron chi connectivity index (χ4n) is 17.4. The van der Waals surface area contributed by atoms with Gasteiger partial charge in [0.1, 0.15) is 125 Å². The van der Waals surface area contributed by atoms with Crippen molar-refractivity contribution >= 4 is 64.3 Å². The molecule has 0 amide bonds. The summed E-state index contributed by atoms with van der Waals surface area (Å²) >= 11 is 0. The highest BCUT2D eigenvalue weighted by Gasteiger charge is 2.55. The summed E-state index contributed by atoms with van der Waals surface area (Å²) < 4.78 is 293. The molecular weight excluding hydrogens is 1970 g/mol. The molecule has 6 aliphatic rings. The van der Waals surface area contributed by atoms with E-state index in [0.29, 0.717) is 40.5 Å². The molecule has 18 atom stereocenters. The number of aryl methyl sites for hydroxylation is 3. The molecule has 788 valence electrons. The van der Waals surface area contributed by atoms with E-state index in [0.717, 1.165) is 70.8 Å². The topological polar surface area (TPSA) is 350 Å². The first-order chi connectivity index (χ1) is 69.3. The predicted octanol–water partition coefficient (Wildman–Crippen LogP) is 21.1. The fourth-order valence-corrected chi connectivity index (χ4v) is 17.4. The van der Waals surface area contributed by atoms with Crippen LogP contribution in [0.25, 0.3) is 4.85 Å². The number of nitrogens with zero attached hydrogens (tertiary/aromatic N) is 11. The molecule has 15 rings (SSSR count). The number of hydrogen-bond acceptors (Lipinski definition) is 24. The van der Waals surface area contributed by atoms with Crippen LogP contribution in [0.15, 0.2) is 200 Å². The number of aromatic nitrogens is 1. The monoisotopic (exact) mass is 2080 g/mol. The van der Waals surface area contributed by atoms with E-state index in [1.807, 2.05) is 50.2 Å². The van der Waals surface area contributed by atoms with Gasteiger partial charge in [0.25, 0.3) is 29.4 Å². The van der Waals surface area contributed by atoms with Crippen molar-refractivity contribution in [3.8, 4) is 11.5 Å². The molecule has 0 bridgehead atoms. The molecular formula is C102H106F18N14O13. The number of halogens is 18. The van der Waals surface area contributed by atoms with Crippen molar-refractivity contribution in [2.75, 3.05) is 60.0 Å². The lowest BCUT2D eigenvalue weighted by Gasteiger charge is -2.41. The highest BCUT2D eigenvalue weighted by Crippen LogP contribution is 2.48. The first-order valence-corrected chi connectivity index (χ1v) is 45.2. The van der Waals surface area contributed by atoms with Gasteiger partial charge in [-0.1, -0.05) is 60.7 Å². The number of nitro groups is 2. The Morgan fingerprint density at radius 1 is 0.422 bits per heavy atom. The van der Waals surface area contributed by atoms with E-state index in [-0.39, 0.29) is 87.6 Å². The number of amidine groups is 3. The van der Waals surface area contributed by atoms with Crippen LogP contribution in [0.5, 0.6) is 11.5 Å². The quantitative estimate of drug-likeness (QED) is 0.0134. The number of anilines is 1. The molecule has 1 aromatic heterocycles. The molecule has 6 N–H and O–H groups in total. The Morgan fingerprint density at radius 3 is 1.19 bits per heavy atom. The summed E-state index contributed by atoms with van der Waals surface area (Å²) in [7, 11) is 3.19. The van der Waals surface area contributed by atoms with Crippen LogP contribution in [0.2, 0.25) is 0 Å². The molecule has 8 aromatic carbocycles. The lowest BCUT2D eigenvalue weighted by Crippen LogP contribution is -2.52. The average Bonchev–Trinajstić information content (AvgIpc) is 0.791. The second-order valence-electron chi connectivity index (χ2n) is 35.7.